The van der Waals surface area contributed by atoms with Crippen molar-refractivity contribution in [3.63, 3.8) is 0 Å². The number of hydrogen-bond acceptors (Lipinski definition) is 4. The zero-order chi connectivity index (χ0) is 15.6. The van der Waals surface area contributed by atoms with Crippen LogP contribution in [0.5, 0.6) is 0 Å². The average Bonchev–Trinajstić information content (AvgIpc) is 2.59. The van der Waals surface area contributed by atoms with Gasteiger partial charge in [0, 0.05) is 7.11 Å². The molecule has 2 N–H and O–H groups in total. The molecule has 1 heterocycles. The summed E-state index contributed by atoms with van der Waals surface area (Å²) in [6.07, 6.45) is 1.69. The Balaban J connectivity index is 2.82. The second-order valence-electron chi connectivity index (χ2n) is 6.82. The molecule has 0 saturated carbocycles. The van der Waals surface area contributed by atoms with Crippen molar-refractivity contribution >= 4 is 14.0 Å². The van der Waals surface area contributed by atoms with E-state index in [1.54, 1.807) is 13.3 Å². The van der Waals surface area contributed by atoms with E-state index in [-0.39, 0.29) is 11.1 Å². The first-order valence-electron chi connectivity index (χ1n) is 7.03. The van der Waals surface area contributed by atoms with Crippen LogP contribution in [0.15, 0.2) is 6.20 Å². The van der Waals surface area contributed by atoms with Crippen molar-refractivity contribution in [3.05, 3.63) is 11.9 Å². The quantitative estimate of drug-likeness (QED) is 0.821. The number of nitrogens with zero attached hydrogens (tertiary/aromatic N) is 2. The van der Waals surface area contributed by atoms with Crippen LogP contribution in [0.4, 0.5) is 5.69 Å². The standard InChI is InChI=1S/C14H29N3O2Si/c1-11-13(15)8-16-17(11)9-12(10-18-5)19-20(6,7)14(2,3)4/h8,12H,9-10,15H2,1-7H3. The van der Waals surface area contributed by atoms with Gasteiger partial charge in [-0.25, -0.2) is 0 Å². The summed E-state index contributed by atoms with van der Waals surface area (Å²) in [6, 6.07) is 0. The fourth-order valence-electron chi connectivity index (χ4n) is 1.74. The van der Waals surface area contributed by atoms with Gasteiger partial charge >= 0.3 is 0 Å². The molecule has 20 heavy (non-hydrogen) atoms. The number of aromatic nitrogens is 2. The van der Waals surface area contributed by atoms with Gasteiger partial charge < -0.3 is 14.9 Å². The van der Waals surface area contributed by atoms with Crippen LogP contribution in [0.25, 0.3) is 0 Å². The summed E-state index contributed by atoms with van der Waals surface area (Å²) in [6.45, 7) is 14.4. The third-order valence-electron chi connectivity index (χ3n) is 4.14. The van der Waals surface area contributed by atoms with E-state index in [1.807, 2.05) is 11.6 Å². The molecule has 1 aromatic heterocycles. The largest absolute Gasteiger partial charge is 0.410 e. The van der Waals surface area contributed by atoms with E-state index in [9.17, 15) is 0 Å². The number of hydrogen-bond donors (Lipinski definition) is 1. The highest BCUT2D eigenvalue weighted by molar-refractivity contribution is 6.74. The average molecular weight is 299 g/mol. The second-order valence-corrected chi connectivity index (χ2v) is 11.6. The molecule has 0 bridgehead atoms. The zero-order valence-electron chi connectivity index (χ0n) is 13.9. The van der Waals surface area contributed by atoms with Crippen LogP contribution in [0.3, 0.4) is 0 Å². The minimum atomic E-state index is -1.82. The molecule has 0 aromatic carbocycles. The van der Waals surface area contributed by atoms with Crippen LogP contribution in [0.2, 0.25) is 18.1 Å². The van der Waals surface area contributed by atoms with Crippen molar-refractivity contribution < 1.29 is 9.16 Å². The summed E-state index contributed by atoms with van der Waals surface area (Å²) in [4.78, 5) is 0. The Morgan fingerprint density at radius 2 is 2.00 bits per heavy atom. The molecule has 1 atom stereocenters. The number of rotatable bonds is 6. The SMILES string of the molecule is COCC(Cn1ncc(N)c1C)O[Si](C)(C)C(C)(C)C. The number of nitrogen functional groups attached to an aromatic ring is 1. The Kier molecular flexibility index (Phi) is 5.40. The first-order valence-corrected chi connectivity index (χ1v) is 9.94. The smallest absolute Gasteiger partial charge is 0.192 e. The Labute approximate surface area is 123 Å². The van der Waals surface area contributed by atoms with Crippen molar-refractivity contribution in [1.29, 1.82) is 0 Å². The first kappa shape index (κ1) is 17.2. The minimum Gasteiger partial charge on any atom is -0.410 e. The molecular weight excluding hydrogens is 270 g/mol. The van der Waals surface area contributed by atoms with Crippen molar-refractivity contribution in [2.45, 2.75) is 58.5 Å². The van der Waals surface area contributed by atoms with Gasteiger partial charge in [0.15, 0.2) is 8.32 Å². The predicted octanol–water partition coefficient (Wildman–Crippen LogP) is 2.81. The minimum absolute atomic E-state index is 0.00103. The van der Waals surface area contributed by atoms with E-state index in [0.717, 1.165) is 5.69 Å². The van der Waals surface area contributed by atoms with Crippen molar-refractivity contribution in [3.8, 4) is 0 Å². The van der Waals surface area contributed by atoms with E-state index < -0.39 is 8.32 Å². The molecule has 0 amide bonds. The third-order valence-corrected chi connectivity index (χ3v) is 8.67. The van der Waals surface area contributed by atoms with E-state index in [1.165, 1.54) is 0 Å². The van der Waals surface area contributed by atoms with Gasteiger partial charge in [-0.2, -0.15) is 5.10 Å². The molecule has 1 unspecified atom stereocenters. The summed E-state index contributed by atoms with van der Waals surface area (Å²) in [5.74, 6) is 0. The van der Waals surface area contributed by atoms with Crippen LogP contribution >= 0.6 is 0 Å². The predicted molar refractivity (Wildman–Crippen MR) is 85.3 cm³/mol. The molecule has 0 aliphatic carbocycles. The molecule has 6 heteroatoms. The summed E-state index contributed by atoms with van der Waals surface area (Å²) < 4.78 is 13.6. The lowest BCUT2D eigenvalue weighted by atomic mass is 10.2. The van der Waals surface area contributed by atoms with Gasteiger partial charge in [0.1, 0.15) is 0 Å². The van der Waals surface area contributed by atoms with Crippen LogP contribution in [0.1, 0.15) is 26.5 Å². The van der Waals surface area contributed by atoms with E-state index >= 15 is 0 Å². The number of ether oxygens (including phenoxy) is 1. The van der Waals surface area contributed by atoms with Gasteiger partial charge in [0.05, 0.1) is 36.8 Å². The van der Waals surface area contributed by atoms with Crippen molar-refractivity contribution in [2.24, 2.45) is 0 Å². The van der Waals surface area contributed by atoms with Crippen LogP contribution in [-0.2, 0) is 15.7 Å². The summed E-state index contributed by atoms with van der Waals surface area (Å²) in [7, 11) is -0.121. The molecule has 0 spiro atoms. The van der Waals surface area contributed by atoms with Crippen LogP contribution in [0, 0.1) is 6.92 Å². The van der Waals surface area contributed by atoms with E-state index in [2.05, 4.69) is 39.0 Å². The molecule has 1 aromatic rings. The Morgan fingerprint density at radius 3 is 2.40 bits per heavy atom. The maximum absolute atomic E-state index is 6.42. The molecule has 0 aliphatic rings. The highest BCUT2D eigenvalue weighted by Crippen LogP contribution is 2.37. The maximum atomic E-state index is 6.42. The van der Waals surface area contributed by atoms with Gasteiger partial charge in [-0.05, 0) is 25.1 Å². The second kappa shape index (κ2) is 6.28. The summed E-state index contributed by atoms with van der Waals surface area (Å²) >= 11 is 0. The van der Waals surface area contributed by atoms with Gasteiger partial charge in [-0.1, -0.05) is 20.8 Å². The number of nitrogens with two attached hydrogens (primary N) is 1. The van der Waals surface area contributed by atoms with Gasteiger partial charge in [-0.15, -0.1) is 0 Å². The molecule has 0 radical (unpaired) electrons. The first-order chi connectivity index (χ1) is 9.08. The Hall–Kier alpha value is -0.853. The maximum Gasteiger partial charge on any atom is 0.192 e. The van der Waals surface area contributed by atoms with Crippen LogP contribution in [-0.4, -0.2) is 37.9 Å². The van der Waals surface area contributed by atoms with Gasteiger partial charge in [0.25, 0.3) is 0 Å². The summed E-state index contributed by atoms with van der Waals surface area (Å²) in [5, 5.41) is 4.48. The molecule has 0 fully saturated rings. The monoisotopic (exact) mass is 299 g/mol. The zero-order valence-corrected chi connectivity index (χ0v) is 14.9. The van der Waals surface area contributed by atoms with Gasteiger partial charge in [0.2, 0.25) is 0 Å². The molecule has 1 rings (SSSR count). The number of methoxy groups -OCH3 is 1. The third kappa shape index (κ3) is 4.07. The topological polar surface area (TPSA) is 62.3 Å². The number of anilines is 1. The molecule has 0 saturated heterocycles. The Morgan fingerprint density at radius 1 is 1.40 bits per heavy atom. The van der Waals surface area contributed by atoms with Crippen molar-refractivity contribution in [2.75, 3.05) is 19.5 Å². The fourth-order valence-corrected chi connectivity index (χ4v) is 3.07. The van der Waals surface area contributed by atoms with E-state index in [0.29, 0.717) is 18.8 Å². The summed E-state index contributed by atoms with van der Waals surface area (Å²) in [5.41, 5.74) is 7.53. The van der Waals surface area contributed by atoms with E-state index in [4.69, 9.17) is 14.9 Å². The lowest BCUT2D eigenvalue weighted by Crippen LogP contribution is -2.46. The van der Waals surface area contributed by atoms with Gasteiger partial charge in [-0.3, -0.25) is 4.68 Å². The molecule has 5 nitrogen and oxygen atoms in total. The Bertz CT molecular complexity index is 438. The molecule has 0 aliphatic heterocycles. The van der Waals surface area contributed by atoms with Crippen LogP contribution < -0.4 is 5.73 Å². The highest BCUT2D eigenvalue weighted by Gasteiger charge is 2.39. The van der Waals surface area contributed by atoms with Crippen molar-refractivity contribution in [1.82, 2.24) is 9.78 Å². The highest BCUT2D eigenvalue weighted by atomic mass is 28.4. The molecular formula is C14H29N3O2Si. The lowest BCUT2D eigenvalue weighted by molar-refractivity contribution is 0.0582. The normalized spacial score (nSPS) is 14.6. The fraction of sp³-hybridized carbons (Fsp3) is 0.786. The molecule has 116 valence electrons. The lowest BCUT2D eigenvalue weighted by Gasteiger charge is -2.39.